The third-order valence-corrected chi connectivity index (χ3v) is 9.47. The first kappa shape index (κ1) is 26.5. The standard InChI is InChI=1S/C43H28BNO/c46-43-33-21-10-12-25-39(33)45-40-26-13-11-23-37(40)44(38-24-14-22-34(43)42(38)45)41-35(30-17-6-2-7-18-30)27-32(29-15-4-1-5-16-29)28-36(41)31-19-8-3-9-20-31/h1-28H. The fraction of sp³-hybridized carbons (Fsp3) is 0. The van der Waals surface area contributed by atoms with Gasteiger partial charge in [0.2, 0.25) is 6.71 Å². The first-order chi connectivity index (χ1) is 22.8. The molecule has 3 heteroatoms. The molecule has 0 N–H and O–H groups in total. The van der Waals surface area contributed by atoms with E-state index in [4.69, 9.17) is 0 Å². The lowest BCUT2D eigenvalue weighted by atomic mass is 9.33. The molecule has 7 aromatic carbocycles. The van der Waals surface area contributed by atoms with Crippen molar-refractivity contribution in [2.75, 3.05) is 0 Å². The molecule has 2 heterocycles. The summed E-state index contributed by atoms with van der Waals surface area (Å²) in [6, 6.07) is 59.8. The molecular weight excluding hydrogens is 557 g/mol. The Kier molecular flexibility index (Phi) is 6.11. The van der Waals surface area contributed by atoms with Crippen molar-refractivity contribution in [3.8, 4) is 39.1 Å². The Morgan fingerprint density at radius 1 is 0.435 bits per heavy atom. The largest absolute Gasteiger partial charge is 0.310 e. The number of nitrogens with zero attached hydrogens (tertiary/aromatic N) is 1. The van der Waals surface area contributed by atoms with Crippen LogP contribution < -0.4 is 21.8 Å². The second-order valence-electron chi connectivity index (χ2n) is 12.0. The second-order valence-corrected chi connectivity index (χ2v) is 12.0. The van der Waals surface area contributed by atoms with Crippen molar-refractivity contribution in [3.63, 3.8) is 0 Å². The van der Waals surface area contributed by atoms with Crippen LogP contribution in [0.2, 0.25) is 0 Å². The van der Waals surface area contributed by atoms with E-state index in [1.165, 1.54) is 44.3 Å². The number of fused-ring (bicyclic) bond motifs is 4. The van der Waals surface area contributed by atoms with Gasteiger partial charge >= 0.3 is 0 Å². The zero-order valence-corrected chi connectivity index (χ0v) is 25.1. The summed E-state index contributed by atoms with van der Waals surface area (Å²) in [6.45, 7) is -0.115. The summed E-state index contributed by atoms with van der Waals surface area (Å²) in [7, 11) is 0. The molecule has 0 unspecified atom stereocenters. The van der Waals surface area contributed by atoms with E-state index >= 15 is 0 Å². The SMILES string of the molecule is O=c1c2ccccc2n2c3c(cccc13)B(c1c(-c3ccccc3)cc(-c3ccccc3)cc1-c1ccccc1)c1ccccc1-2. The van der Waals surface area contributed by atoms with Crippen LogP contribution in [0, 0.1) is 0 Å². The Balaban J connectivity index is 1.47. The van der Waals surface area contributed by atoms with E-state index in [1.54, 1.807) is 0 Å². The number of hydrogen-bond acceptors (Lipinski definition) is 1. The molecule has 0 saturated carbocycles. The Bertz CT molecular complexity index is 2420. The Morgan fingerprint density at radius 3 is 1.63 bits per heavy atom. The van der Waals surface area contributed by atoms with Crippen molar-refractivity contribution in [2.45, 2.75) is 0 Å². The topological polar surface area (TPSA) is 22.0 Å². The predicted molar refractivity (Wildman–Crippen MR) is 194 cm³/mol. The number of benzene rings is 7. The van der Waals surface area contributed by atoms with Gasteiger partial charge in [-0.3, -0.25) is 4.79 Å². The second kappa shape index (κ2) is 10.6. The van der Waals surface area contributed by atoms with Gasteiger partial charge < -0.3 is 4.57 Å². The average molecular weight is 586 g/mol. The molecule has 1 aliphatic heterocycles. The van der Waals surface area contributed by atoms with Gasteiger partial charge in [-0.2, -0.15) is 0 Å². The molecule has 0 bridgehead atoms. The Labute approximate surface area is 267 Å². The van der Waals surface area contributed by atoms with Crippen LogP contribution in [0.25, 0.3) is 60.9 Å². The minimum atomic E-state index is -0.115. The van der Waals surface area contributed by atoms with Crippen molar-refractivity contribution in [2.24, 2.45) is 0 Å². The quantitative estimate of drug-likeness (QED) is 0.152. The highest BCUT2D eigenvalue weighted by molar-refractivity contribution is 6.99. The maximum atomic E-state index is 14.1. The minimum absolute atomic E-state index is 0.0767. The normalized spacial score (nSPS) is 12.0. The van der Waals surface area contributed by atoms with Crippen LogP contribution in [0.5, 0.6) is 0 Å². The highest BCUT2D eigenvalue weighted by Crippen LogP contribution is 2.34. The third kappa shape index (κ3) is 4.02. The summed E-state index contributed by atoms with van der Waals surface area (Å²) >= 11 is 0. The predicted octanol–water partition coefficient (Wildman–Crippen LogP) is 7.97. The third-order valence-electron chi connectivity index (χ3n) is 9.47. The van der Waals surface area contributed by atoms with E-state index in [2.05, 4.69) is 150 Å². The molecule has 214 valence electrons. The summed E-state index contributed by atoms with van der Waals surface area (Å²) in [6.07, 6.45) is 0. The van der Waals surface area contributed by atoms with Crippen molar-refractivity contribution < 1.29 is 0 Å². The highest BCUT2D eigenvalue weighted by Gasteiger charge is 2.36. The van der Waals surface area contributed by atoms with Gasteiger partial charge in [0, 0.05) is 16.5 Å². The zero-order chi connectivity index (χ0) is 30.6. The van der Waals surface area contributed by atoms with Gasteiger partial charge in [0.25, 0.3) is 0 Å². The molecular formula is C43H28BNO. The van der Waals surface area contributed by atoms with E-state index in [0.717, 1.165) is 33.0 Å². The summed E-state index contributed by atoms with van der Waals surface area (Å²) in [5, 5.41) is 1.49. The van der Waals surface area contributed by atoms with E-state index in [0.29, 0.717) is 0 Å². The van der Waals surface area contributed by atoms with E-state index in [1.807, 2.05) is 24.3 Å². The summed E-state index contributed by atoms with van der Waals surface area (Å²) in [4.78, 5) is 14.1. The lowest BCUT2D eigenvalue weighted by Gasteiger charge is -2.32. The molecule has 46 heavy (non-hydrogen) atoms. The van der Waals surface area contributed by atoms with Gasteiger partial charge in [0.15, 0.2) is 5.43 Å². The van der Waals surface area contributed by atoms with Crippen molar-refractivity contribution in [1.82, 2.24) is 4.57 Å². The zero-order valence-electron chi connectivity index (χ0n) is 25.1. The van der Waals surface area contributed by atoms with Gasteiger partial charge in [-0.25, -0.2) is 0 Å². The Morgan fingerprint density at radius 2 is 0.957 bits per heavy atom. The molecule has 0 radical (unpaired) electrons. The van der Waals surface area contributed by atoms with Gasteiger partial charge in [-0.1, -0.05) is 139 Å². The molecule has 0 amide bonds. The van der Waals surface area contributed by atoms with Crippen LogP contribution in [0.1, 0.15) is 0 Å². The number of aromatic nitrogens is 1. The summed E-state index contributed by atoms with van der Waals surface area (Å²) in [5.41, 5.74) is 13.8. The van der Waals surface area contributed by atoms with Crippen LogP contribution in [0.3, 0.4) is 0 Å². The maximum absolute atomic E-state index is 14.1. The fourth-order valence-corrected chi connectivity index (χ4v) is 7.49. The smallest absolute Gasteiger partial charge is 0.248 e. The molecule has 2 nitrogen and oxygen atoms in total. The van der Waals surface area contributed by atoms with Crippen LogP contribution in [-0.4, -0.2) is 11.3 Å². The summed E-state index contributed by atoms with van der Waals surface area (Å²) < 4.78 is 2.32. The molecule has 1 aromatic heterocycles. The average Bonchev–Trinajstić information content (AvgIpc) is 3.14. The van der Waals surface area contributed by atoms with Gasteiger partial charge in [-0.05, 0) is 80.7 Å². The highest BCUT2D eigenvalue weighted by atomic mass is 16.1. The number of para-hydroxylation sites is 3. The number of pyridine rings is 1. The van der Waals surface area contributed by atoms with E-state index in [-0.39, 0.29) is 12.1 Å². The van der Waals surface area contributed by atoms with E-state index in [9.17, 15) is 4.79 Å². The summed E-state index contributed by atoms with van der Waals surface area (Å²) in [5.74, 6) is 0. The van der Waals surface area contributed by atoms with Gasteiger partial charge in [0.1, 0.15) is 0 Å². The van der Waals surface area contributed by atoms with Crippen LogP contribution in [0.15, 0.2) is 175 Å². The lowest BCUT2D eigenvalue weighted by Crippen LogP contribution is -2.57. The van der Waals surface area contributed by atoms with Gasteiger partial charge in [-0.15, -0.1) is 0 Å². The van der Waals surface area contributed by atoms with Crippen molar-refractivity contribution in [3.05, 3.63) is 180 Å². The number of hydrogen-bond donors (Lipinski definition) is 0. The molecule has 9 rings (SSSR count). The minimum Gasteiger partial charge on any atom is -0.310 e. The molecule has 1 aliphatic rings. The number of rotatable bonds is 4. The van der Waals surface area contributed by atoms with E-state index < -0.39 is 0 Å². The molecule has 0 saturated heterocycles. The molecule has 8 aromatic rings. The lowest BCUT2D eigenvalue weighted by molar-refractivity contribution is 1.17. The molecule has 0 aliphatic carbocycles. The van der Waals surface area contributed by atoms with Crippen molar-refractivity contribution in [1.29, 1.82) is 0 Å². The molecule has 0 atom stereocenters. The first-order valence-corrected chi connectivity index (χ1v) is 15.8. The Hall–Kier alpha value is -5.93. The van der Waals surface area contributed by atoms with Crippen LogP contribution in [0.4, 0.5) is 0 Å². The van der Waals surface area contributed by atoms with Gasteiger partial charge in [0.05, 0.1) is 11.0 Å². The molecule has 0 spiro atoms. The van der Waals surface area contributed by atoms with Crippen LogP contribution in [-0.2, 0) is 0 Å². The monoisotopic (exact) mass is 585 g/mol. The molecule has 0 fully saturated rings. The maximum Gasteiger partial charge on any atom is 0.248 e. The first-order valence-electron chi connectivity index (χ1n) is 15.8. The fourth-order valence-electron chi connectivity index (χ4n) is 7.49. The van der Waals surface area contributed by atoms with Crippen LogP contribution >= 0.6 is 0 Å². The van der Waals surface area contributed by atoms with Crippen molar-refractivity contribution >= 4 is 44.9 Å².